The van der Waals surface area contributed by atoms with Crippen molar-refractivity contribution in [3.05, 3.63) is 57.3 Å². The molecule has 1 heterocycles. The summed E-state index contributed by atoms with van der Waals surface area (Å²) in [6.45, 7) is 5.24. The molecule has 0 saturated heterocycles. The molecule has 21 heavy (non-hydrogen) atoms. The second kappa shape index (κ2) is 7.38. The second-order valence-corrected chi connectivity index (χ2v) is 6.12. The van der Waals surface area contributed by atoms with E-state index in [1.54, 1.807) is 18.4 Å². The van der Waals surface area contributed by atoms with Gasteiger partial charge >= 0.3 is 0 Å². The van der Waals surface area contributed by atoms with E-state index in [9.17, 15) is 4.79 Å². The number of benzene rings is 1. The zero-order valence-corrected chi connectivity index (χ0v) is 13.6. The Morgan fingerprint density at radius 2 is 2.14 bits per heavy atom. The summed E-state index contributed by atoms with van der Waals surface area (Å²) < 4.78 is 0. The minimum Gasteiger partial charge on any atom is -0.355 e. The third-order valence-corrected chi connectivity index (χ3v) is 4.78. The number of hydrogen-bond acceptors (Lipinski definition) is 3. The van der Waals surface area contributed by atoms with Crippen molar-refractivity contribution in [2.45, 2.75) is 26.3 Å². The van der Waals surface area contributed by atoms with Gasteiger partial charge in [0.2, 0.25) is 0 Å². The van der Waals surface area contributed by atoms with Crippen LogP contribution in [-0.4, -0.2) is 19.5 Å². The second-order valence-electron chi connectivity index (χ2n) is 5.17. The van der Waals surface area contributed by atoms with Gasteiger partial charge in [0.05, 0.1) is 0 Å². The van der Waals surface area contributed by atoms with E-state index in [4.69, 9.17) is 0 Å². The monoisotopic (exact) mass is 302 g/mol. The van der Waals surface area contributed by atoms with Crippen molar-refractivity contribution in [1.29, 1.82) is 0 Å². The molecule has 0 bridgehead atoms. The fourth-order valence-corrected chi connectivity index (χ4v) is 3.33. The minimum atomic E-state index is -0.0348. The summed E-state index contributed by atoms with van der Waals surface area (Å²) in [6.07, 6.45) is 0.916. The van der Waals surface area contributed by atoms with Crippen LogP contribution in [0.15, 0.2) is 35.7 Å². The van der Waals surface area contributed by atoms with Crippen LogP contribution in [0, 0.1) is 6.92 Å². The fraction of sp³-hybridized carbons (Fsp3) is 0.353. The Hall–Kier alpha value is -1.65. The van der Waals surface area contributed by atoms with E-state index in [2.05, 4.69) is 42.0 Å². The maximum atomic E-state index is 11.6. The Kier molecular flexibility index (Phi) is 5.53. The highest BCUT2D eigenvalue weighted by Crippen LogP contribution is 2.23. The maximum Gasteiger partial charge on any atom is 0.251 e. The fourth-order valence-electron chi connectivity index (χ4n) is 2.37. The predicted molar refractivity (Wildman–Crippen MR) is 89.0 cm³/mol. The molecule has 2 aromatic rings. The van der Waals surface area contributed by atoms with Gasteiger partial charge in [0.15, 0.2) is 0 Å². The van der Waals surface area contributed by atoms with Crippen molar-refractivity contribution in [3.63, 3.8) is 0 Å². The molecule has 1 amide bonds. The summed E-state index contributed by atoms with van der Waals surface area (Å²) in [7, 11) is 1.65. The Morgan fingerprint density at radius 3 is 2.81 bits per heavy atom. The standard InChI is InChI=1S/C17H22N2OS/c1-12-8-10-21-16(12)13(2)19-9-7-14-5-4-6-15(11-14)17(20)18-3/h4-6,8,10-11,13,19H,7,9H2,1-3H3,(H,18,20)/t13-/m1/s1. The molecule has 0 unspecified atom stereocenters. The molecule has 0 aliphatic rings. The topological polar surface area (TPSA) is 41.1 Å². The lowest BCUT2D eigenvalue weighted by atomic mass is 10.1. The lowest BCUT2D eigenvalue weighted by Gasteiger charge is -2.13. The van der Waals surface area contributed by atoms with Crippen molar-refractivity contribution in [3.8, 4) is 0 Å². The van der Waals surface area contributed by atoms with Crippen LogP contribution in [0.4, 0.5) is 0 Å². The number of rotatable bonds is 6. The summed E-state index contributed by atoms with van der Waals surface area (Å²) in [4.78, 5) is 13.0. The molecule has 1 aromatic heterocycles. The lowest BCUT2D eigenvalue weighted by Crippen LogP contribution is -2.21. The van der Waals surface area contributed by atoms with Gasteiger partial charge in [0.1, 0.15) is 0 Å². The van der Waals surface area contributed by atoms with E-state index in [-0.39, 0.29) is 5.91 Å². The number of thiophene rings is 1. The van der Waals surface area contributed by atoms with Crippen LogP contribution in [-0.2, 0) is 6.42 Å². The summed E-state index contributed by atoms with van der Waals surface area (Å²) in [5.41, 5.74) is 3.25. The molecule has 2 rings (SSSR count). The first-order valence-electron chi connectivity index (χ1n) is 7.20. The molecule has 0 aliphatic carbocycles. The molecule has 0 aliphatic heterocycles. The van der Waals surface area contributed by atoms with E-state index in [0.717, 1.165) is 18.5 Å². The van der Waals surface area contributed by atoms with E-state index in [1.165, 1.54) is 16.0 Å². The van der Waals surface area contributed by atoms with Crippen LogP contribution < -0.4 is 10.6 Å². The highest BCUT2D eigenvalue weighted by atomic mass is 32.1. The molecule has 3 nitrogen and oxygen atoms in total. The van der Waals surface area contributed by atoms with Crippen LogP contribution in [0.25, 0.3) is 0 Å². The smallest absolute Gasteiger partial charge is 0.251 e. The van der Waals surface area contributed by atoms with Gasteiger partial charge in [-0.3, -0.25) is 4.79 Å². The van der Waals surface area contributed by atoms with Crippen LogP contribution in [0.1, 0.15) is 39.3 Å². The maximum absolute atomic E-state index is 11.6. The van der Waals surface area contributed by atoms with Crippen molar-refractivity contribution in [2.24, 2.45) is 0 Å². The van der Waals surface area contributed by atoms with E-state index in [0.29, 0.717) is 6.04 Å². The molecule has 1 atom stereocenters. The molecule has 112 valence electrons. The number of amides is 1. The van der Waals surface area contributed by atoms with Crippen molar-refractivity contribution in [1.82, 2.24) is 10.6 Å². The first kappa shape index (κ1) is 15.7. The van der Waals surface area contributed by atoms with Gasteiger partial charge in [-0.05, 0) is 61.5 Å². The van der Waals surface area contributed by atoms with Crippen molar-refractivity contribution in [2.75, 3.05) is 13.6 Å². The summed E-state index contributed by atoms with van der Waals surface area (Å²) >= 11 is 1.80. The molecule has 4 heteroatoms. The molecule has 1 aromatic carbocycles. The Morgan fingerprint density at radius 1 is 1.33 bits per heavy atom. The minimum absolute atomic E-state index is 0.0348. The Bertz CT molecular complexity index is 606. The zero-order chi connectivity index (χ0) is 15.2. The predicted octanol–water partition coefficient (Wildman–Crippen LogP) is 3.31. The van der Waals surface area contributed by atoms with E-state index in [1.807, 2.05) is 18.2 Å². The van der Waals surface area contributed by atoms with Crippen molar-refractivity contribution >= 4 is 17.2 Å². The highest BCUT2D eigenvalue weighted by Gasteiger charge is 2.09. The third-order valence-electron chi connectivity index (χ3n) is 3.58. The number of carbonyl (C=O) groups is 1. The van der Waals surface area contributed by atoms with Crippen LogP contribution >= 0.6 is 11.3 Å². The van der Waals surface area contributed by atoms with Crippen LogP contribution in [0.5, 0.6) is 0 Å². The van der Waals surface area contributed by atoms with Gasteiger partial charge in [0, 0.05) is 23.5 Å². The summed E-state index contributed by atoms with van der Waals surface area (Å²) in [6, 6.07) is 10.3. The summed E-state index contributed by atoms with van der Waals surface area (Å²) in [5.74, 6) is -0.0348. The zero-order valence-electron chi connectivity index (χ0n) is 12.8. The molecule has 0 spiro atoms. The Labute approximate surface area is 130 Å². The lowest BCUT2D eigenvalue weighted by molar-refractivity contribution is 0.0963. The Balaban J connectivity index is 1.89. The molecule has 0 radical (unpaired) electrons. The normalized spacial score (nSPS) is 12.1. The van der Waals surface area contributed by atoms with Gasteiger partial charge in [0.25, 0.3) is 5.91 Å². The molecule has 0 saturated carbocycles. The molecule has 0 fully saturated rings. The van der Waals surface area contributed by atoms with Gasteiger partial charge < -0.3 is 10.6 Å². The van der Waals surface area contributed by atoms with Gasteiger partial charge in [-0.15, -0.1) is 11.3 Å². The number of carbonyl (C=O) groups excluding carboxylic acids is 1. The highest BCUT2D eigenvalue weighted by molar-refractivity contribution is 7.10. The average molecular weight is 302 g/mol. The SMILES string of the molecule is CNC(=O)c1cccc(CCN[C@H](C)c2sccc2C)c1. The average Bonchev–Trinajstić information content (AvgIpc) is 2.93. The number of aryl methyl sites for hydroxylation is 1. The third kappa shape index (κ3) is 4.16. The van der Waals surface area contributed by atoms with E-state index < -0.39 is 0 Å². The van der Waals surface area contributed by atoms with Gasteiger partial charge in [-0.1, -0.05) is 12.1 Å². The first-order chi connectivity index (χ1) is 10.1. The van der Waals surface area contributed by atoms with E-state index >= 15 is 0 Å². The first-order valence-corrected chi connectivity index (χ1v) is 8.08. The molecular weight excluding hydrogens is 280 g/mol. The van der Waals surface area contributed by atoms with Gasteiger partial charge in [-0.2, -0.15) is 0 Å². The van der Waals surface area contributed by atoms with Gasteiger partial charge in [-0.25, -0.2) is 0 Å². The van der Waals surface area contributed by atoms with Crippen LogP contribution in [0.2, 0.25) is 0 Å². The quantitative estimate of drug-likeness (QED) is 0.859. The van der Waals surface area contributed by atoms with Crippen LogP contribution in [0.3, 0.4) is 0 Å². The molecule has 2 N–H and O–H groups in total. The number of nitrogens with one attached hydrogen (secondary N) is 2. The largest absolute Gasteiger partial charge is 0.355 e. The van der Waals surface area contributed by atoms with Crippen molar-refractivity contribution < 1.29 is 4.79 Å². The molecular formula is C17H22N2OS. The number of hydrogen-bond donors (Lipinski definition) is 2. The summed E-state index contributed by atoms with van der Waals surface area (Å²) in [5, 5.41) is 8.34.